The SMILES string of the molecule is Nc1ncc(-c2ccc(N3CC[C@H](F)C3)cc2)cc1Cl. The fraction of sp³-hybridized carbons (Fsp3) is 0.267. The van der Waals surface area contributed by atoms with Crippen molar-refractivity contribution in [3.63, 3.8) is 0 Å². The van der Waals surface area contributed by atoms with Gasteiger partial charge in [-0.3, -0.25) is 0 Å². The molecule has 3 rings (SSSR count). The molecular formula is C15H15ClFN3. The zero-order valence-corrected chi connectivity index (χ0v) is 11.6. The van der Waals surface area contributed by atoms with E-state index in [1.807, 2.05) is 24.3 Å². The minimum atomic E-state index is -0.713. The molecule has 1 aliphatic heterocycles. The summed E-state index contributed by atoms with van der Waals surface area (Å²) in [4.78, 5) is 6.11. The highest BCUT2D eigenvalue weighted by Gasteiger charge is 2.21. The Labute approximate surface area is 122 Å². The predicted octanol–water partition coefficient (Wildman–Crippen LogP) is 3.53. The summed E-state index contributed by atoms with van der Waals surface area (Å²) in [5.41, 5.74) is 8.58. The van der Waals surface area contributed by atoms with Crippen LogP contribution in [0.1, 0.15) is 6.42 Å². The van der Waals surface area contributed by atoms with Gasteiger partial charge in [-0.2, -0.15) is 0 Å². The maximum atomic E-state index is 13.2. The van der Waals surface area contributed by atoms with Gasteiger partial charge in [0.2, 0.25) is 0 Å². The van der Waals surface area contributed by atoms with Crippen molar-refractivity contribution in [2.75, 3.05) is 23.7 Å². The van der Waals surface area contributed by atoms with Gasteiger partial charge in [0.05, 0.1) is 5.02 Å². The first-order valence-electron chi connectivity index (χ1n) is 6.54. The Morgan fingerprint density at radius 1 is 1.25 bits per heavy atom. The first-order valence-corrected chi connectivity index (χ1v) is 6.92. The molecule has 104 valence electrons. The van der Waals surface area contributed by atoms with Gasteiger partial charge in [-0.15, -0.1) is 0 Å². The van der Waals surface area contributed by atoms with Crippen molar-refractivity contribution in [1.82, 2.24) is 4.98 Å². The molecule has 0 unspecified atom stereocenters. The number of nitrogens with two attached hydrogens (primary N) is 1. The Morgan fingerprint density at radius 3 is 2.60 bits per heavy atom. The summed E-state index contributed by atoms with van der Waals surface area (Å²) >= 11 is 5.98. The van der Waals surface area contributed by atoms with Crippen LogP contribution in [0.25, 0.3) is 11.1 Å². The van der Waals surface area contributed by atoms with Gasteiger partial charge in [-0.25, -0.2) is 9.37 Å². The fourth-order valence-corrected chi connectivity index (χ4v) is 2.59. The molecule has 1 aromatic heterocycles. The average Bonchev–Trinajstić information content (AvgIpc) is 2.89. The summed E-state index contributed by atoms with van der Waals surface area (Å²) in [5.74, 6) is 0.332. The fourth-order valence-electron chi connectivity index (χ4n) is 2.42. The Hall–Kier alpha value is -1.81. The Kier molecular flexibility index (Phi) is 3.49. The van der Waals surface area contributed by atoms with Crippen LogP contribution >= 0.6 is 11.6 Å². The molecule has 0 saturated carbocycles. The number of hydrogen-bond donors (Lipinski definition) is 1. The van der Waals surface area contributed by atoms with Crippen molar-refractivity contribution in [1.29, 1.82) is 0 Å². The van der Waals surface area contributed by atoms with E-state index in [0.717, 1.165) is 23.4 Å². The molecule has 1 aliphatic rings. The molecule has 1 saturated heterocycles. The second kappa shape index (κ2) is 5.29. The highest BCUT2D eigenvalue weighted by Crippen LogP contribution is 2.28. The van der Waals surface area contributed by atoms with Crippen molar-refractivity contribution in [3.05, 3.63) is 41.6 Å². The van der Waals surface area contributed by atoms with Gasteiger partial charge < -0.3 is 10.6 Å². The van der Waals surface area contributed by atoms with Crippen molar-refractivity contribution < 1.29 is 4.39 Å². The second-order valence-corrected chi connectivity index (χ2v) is 5.38. The molecule has 1 aromatic carbocycles. The molecule has 1 fully saturated rings. The van der Waals surface area contributed by atoms with Gasteiger partial charge in [0, 0.05) is 30.5 Å². The van der Waals surface area contributed by atoms with Crippen LogP contribution in [0.2, 0.25) is 5.02 Å². The number of nitrogen functional groups attached to an aromatic ring is 1. The number of alkyl halides is 1. The van der Waals surface area contributed by atoms with E-state index in [9.17, 15) is 4.39 Å². The maximum absolute atomic E-state index is 13.2. The third kappa shape index (κ3) is 2.56. The summed E-state index contributed by atoms with van der Waals surface area (Å²) in [6.45, 7) is 1.25. The van der Waals surface area contributed by atoms with Crippen molar-refractivity contribution in [2.24, 2.45) is 0 Å². The molecule has 5 heteroatoms. The number of halogens is 2. The molecule has 3 nitrogen and oxygen atoms in total. The lowest BCUT2D eigenvalue weighted by Crippen LogP contribution is -2.19. The van der Waals surface area contributed by atoms with Gasteiger partial charge in [-0.05, 0) is 30.2 Å². The summed E-state index contributed by atoms with van der Waals surface area (Å²) in [7, 11) is 0. The highest BCUT2D eigenvalue weighted by atomic mass is 35.5. The highest BCUT2D eigenvalue weighted by molar-refractivity contribution is 6.33. The lowest BCUT2D eigenvalue weighted by molar-refractivity contribution is 0.364. The zero-order chi connectivity index (χ0) is 14.1. The first-order chi connectivity index (χ1) is 9.63. The van der Waals surface area contributed by atoms with Gasteiger partial charge >= 0.3 is 0 Å². The minimum absolute atomic E-state index is 0.332. The molecule has 0 spiro atoms. The molecule has 0 aliphatic carbocycles. The zero-order valence-electron chi connectivity index (χ0n) is 10.9. The van der Waals surface area contributed by atoms with E-state index in [0.29, 0.717) is 23.8 Å². The van der Waals surface area contributed by atoms with Crippen molar-refractivity contribution >= 4 is 23.1 Å². The topological polar surface area (TPSA) is 42.1 Å². The normalized spacial score (nSPS) is 18.5. The van der Waals surface area contributed by atoms with Crippen LogP contribution < -0.4 is 10.6 Å². The lowest BCUT2D eigenvalue weighted by Gasteiger charge is -2.17. The Morgan fingerprint density at radius 2 is 2.00 bits per heavy atom. The van der Waals surface area contributed by atoms with E-state index in [1.54, 1.807) is 12.3 Å². The molecule has 2 N–H and O–H groups in total. The molecule has 20 heavy (non-hydrogen) atoms. The van der Waals surface area contributed by atoms with Crippen LogP contribution in [0.3, 0.4) is 0 Å². The monoisotopic (exact) mass is 291 g/mol. The van der Waals surface area contributed by atoms with E-state index in [1.165, 1.54) is 0 Å². The molecule has 1 atom stereocenters. The van der Waals surface area contributed by atoms with Crippen LogP contribution in [0.5, 0.6) is 0 Å². The average molecular weight is 292 g/mol. The van der Waals surface area contributed by atoms with Gasteiger partial charge in [0.15, 0.2) is 0 Å². The summed E-state index contributed by atoms with van der Waals surface area (Å²) < 4.78 is 13.2. The van der Waals surface area contributed by atoms with Crippen LogP contribution in [0, 0.1) is 0 Å². The smallest absolute Gasteiger partial charge is 0.142 e. The van der Waals surface area contributed by atoms with Crippen molar-refractivity contribution in [2.45, 2.75) is 12.6 Å². The van der Waals surface area contributed by atoms with E-state index in [-0.39, 0.29) is 0 Å². The van der Waals surface area contributed by atoms with E-state index < -0.39 is 6.17 Å². The number of anilines is 2. The maximum Gasteiger partial charge on any atom is 0.142 e. The summed E-state index contributed by atoms with van der Waals surface area (Å²) in [6.07, 6.45) is 1.60. The number of pyridine rings is 1. The largest absolute Gasteiger partial charge is 0.382 e. The first kappa shape index (κ1) is 13.2. The molecular weight excluding hydrogens is 277 g/mol. The summed E-state index contributed by atoms with van der Waals surface area (Å²) in [5, 5.41) is 0.450. The molecule has 0 radical (unpaired) electrons. The van der Waals surface area contributed by atoms with Gasteiger partial charge in [0.25, 0.3) is 0 Å². The van der Waals surface area contributed by atoms with Crippen LogP contribution in [-0.4, -0.2) is 24.2 Å². The number of rotatable bonds is 2. The summed E-state index contributed by atoms with van der Waals surface area (Å²) in [6, 6.07) is 9.77. The standard InChI is InChI=1S/C15H15ClFN3/c16-14-7-11(8-19-15(14)18)10-1-3-13(4-2-10)20-6-5-12(17)9-20/h1-4,7-8,12H,5-6,9H2,(H2,18,19)/t12-/m0/s1. The van der Waals surface area contributed by atoms with Crippen LogP contribution in [0.15, 0.2) is 36.5 Å². The second-order valence-electron chi connectivity index (χ2n) is 4.97. The van der Waals surface area contributed by atoms with Crippen LogP contribution in [0.4, 0.5) is 15.9 Å². The Bertz CT molecular complexity index is 615. The molecule has 2 aromatic rings. The van der Waals surface area contributed by atoms with Crippen LogP contribution in [-0.2, 0) is 0 Å². The quantitative estimate of drug-likeness (QED) is 0.920. The Balaban J connectivity index is 1.83. The number of aromatic nitrogens is 1. The molecule has 0 amide bonds. The molecule has 2 heterocycles. The van der Waals surface area contributed by atoms with Gasteiger partial charge in [-0.1, -0.05) is 23.7 Å². The predicted molar refractivity (Wildman–Crippen MR) is 80.8 cm³/mol. The third-order valence-corrected chi connectivity index (χ3v) is 3.87. The lowest BCUT2D eigenvalue weighted by atomic mass is 10.1. The molecule has 0 bridgehead atoms. The number of benzene rings is 1. The van der Waals surface area contributed by atoms with E-state index in [4.69, 9.17) is 17.3 Å². The van der Waals surface area contributed by atoms with Gasteiger partial charge in [0.1, 0.15) is 12.0 Å². The van der Waals surface area contributed by atoms with E-state index in [2.05, 4.69) is 9.88 Å². The number of nitrogens with zero attached hydrogens (tertiary/aromatic N) is 2. The van der Waals surface area contributed by atoms with E-state index >= 15 is 0 Å². The number of hydrogen-bond acceptors (Lipinski definition) is 3. The minimum Gasteiger partial charge on any atom is -0.382 e. The third-order valence-electron chi connectivity index (χ3n) is 3.57. The van der Waals surface area contributed by atoms with Crippen molar-refractivity contribution in [3.8, 4) is 11.1 Å².